The first-order valence-electron chi connectivity index (χ1n) is 7.02. The molecule has 2 heteroatoms. The minimum absolute atomic E-state index is 0.557. The average molecular weight is 249 g/mol. The summed E-state index contributed by atoms with van der Waals surface area (Å²) >= 11 is 0. The molecule has 0 aromatic heterocycles. The third kappa shape index (κ3) is 5.09. The summed E-state index contributed by atoms with van der Waals surface area (Å²) in [5.41, 5.74) is 1.32. The zero-order chi connectivity index (χ0) is 13.4. The van der Waals surface area contributed by atoms with Gasteiger partial charge >= 0.3 is 0 Å². The highest BCUT2D eigenvalue weighted by molar-refractivity contribution is 5.33. The standard InChI is InChI=1S/C16H27NO/c1-5-8-14(12-17-13(2)3)11-15-9-6-7-10-16(15)18-4/h6-7,9-10,13-14,17H,5,8,11-12H2,1-4H3. The van der Waals surface area contributed by atoms with Gasteiger partial charge in [-0.05, 0) is 36.9 Å². The molecule has 1 aromatic rings. The highest BCUT2D eigenvalue weighted by Gasteiger charge is 2.12. The molecule has 1 rings (SSSR count). The fourth-order valence-electron chi connectivity index (χ4n) is 2.27. The Morgan fingerprint density at radius 2 is 1.94 bits per heavy atom. The maximum absolute atomic E-state index is 5.43. The minimum Gasteiger partial charge on any atom is -0.496 e. The normalized spacial score (nSPS) is 12.7. The van der Waals surface area contributed by atoms with Crippen molar-refractivity contribution in [1.82, 2.24) is 5.32 Å². The molecule has 0 radical (unpaired) electrons. The van der Waals surface area contributed by atoms with E-state index in [1.165, 1.54) is 18.4 Å². The molecule has 0 saturated heterocycles. The van der Waals surface area contributed by atoms with Crippen LogP contribution < -0.4 is 10.1 Å². The Kier molecular flexibility index (Phi) is 6.81. The molecule has 0 amide bonds. The molecule has 1 unspecified atom stereocenters. The first-order valence-corrected chi connectivity index (χ1v) is 7.02. The number of hydrogen-bond acceptors (Lipinski definition) is 2. The number of rotatable bonds is 8. The number of ether oxygens (including phenoxy) is 1. The van der Waals surface area contributed by atoms with Crippen molar-refractivity contribution in [2.75, 3.05) is 13.7 Å². The number of nitrogens with one attached hydrogen (secondary N) is 1. The van der Waals surface area contributed by atoms with E-state index in [-0.39, 0.29) is 0 Å². The molecule has 1 atom stereocenters. The van der Waals surface area contributed by atoms with Crippen LogP contribution >= 0.6 is 0 Å². The van der Waals surface area contributed by atoms with E-state index < -0.39 is 0 Å². The monoisotopic (exact) mass is 249 g/mol. The van der Waals surface area contributed by atoms with E-state index in [1.54, 1.807) is 7.11 Å². The molecule has 102 valence electrons. The average Bonchev–Trinajstić information content (AvgIpc) is 2.37. The van der Waals surface area contributed by atoms with E-state index in [1.807, 2.05) is 12.1 Å². The third-order valence-corrected chi connectivity index (χ3v) is 3.21. The van der Waals surface area contributed by atoms with Crippen molar-refractivity contribution in [1.29, 1.82) is 0 Å². The molecule has 18 heavy (non-hydrogen) atoms. The topological polar surface area (TPSA) is 21.3 Å². The molecule has 1 N–H and O–H groups in total. The van der Waals surface area contributed by atoms with Gasteiger partial charge in [-0.2, -0.15) is 0 Å². The highest BCUT2D eigenvalue weighted by Crippen LogP contribution is 2.22. The zero-order valence-corrected chi connectivity index (χ0v) is 12.2. The van der Waals surface area contributed by atoms with Crippen molar-refractivity contribution >= 4 is 0 Å². The molecule has 1 aromatic carbocycles. The third-order valence-electron chi connectivity index (χ3n) is 3.21. The van der Waals surface area contributed by atoms with Gasteiger partial charge < -0.3 is 10.1 Å². The maximum atomic E-state index is 5.43. The number of methoxy groups -OCH3 is 1. The molecule has 0 aliphatic carbocycles. The van der Waals surface area contributed by atoms with Crippen LogP contribution in [0.4, 0.5) is 0 Å². The molecular weight excluding hydrogens is 222 g/mol. The van der Waals surface area contributed by atoms with Crippen molar-refractivity contribution in [2.24, 2.45) is 5.92 Å². The van der Waals surface area contributed by atoms with Gasteiger partial charge in [0.25, 0.3) is 0 Å². The molecule has 0 bridgehead atoms. The van der Waals surface area contributed by atoms with E-state index in [2.05, 4.69) is 38.2 Å². The van der Waals surface area contributed by atoms with Crippen LogP contribution in [0.5, 0.6) is 5.75 Å². The zero-order valence-electron chi connectivity index (χ0n) is 12.2. The Bertz CT molecular complexity index is 336. The lowest BCUT2D eigenvalue weighted by Crippen LogP contribution is -2.30. The lowest BCUT2D eigenvalue weighted by molar-refractivity contribution is 0.389. The van der Waals surface area contributed by atoms with Crippen molar-refractivity contribution in [3.63, 3.8) is 0 Å². The minimum atomic E-state index is 0.557. The van der Waals surface area contributed by atoms with Gasteiger partial charge in [0.05, 0.1) is 7.11 Å². The van der Waals surface area contributed by atoms with Crippen molar-refractivity contribution in [3.05, 3.63) is 29.8 Å². The van der Waals surface area contributed by atoms with Crippen molar-refractivity contribution < 1.29 is 4.74 Å². The summed E-state index contributed by atoms with van der Waals surface area (Å²) < 4.78 is 5.43. The van der Waals surface area contributed by atoms with E-state index in [0.717, 1.165) is 18.7 Å². The van der Waals surface area contributed by atoms with E-state index >= 15 is 0 Å². The molecule has 0 fully saturated rings. The van der Waals surface area contributed by atoms with Gasteiger partial charge in [0.1, 0.15) is 5.75 Å². The van der Waals surface area contributed by atoms with Gasteiger partial charge in [-0.3, -0.25) is 0 Å². The SMILES string of the molecule is CCCC(CNC(C)C)Cc1ccccc1OC. The molecular formula is C16H27NO. The fraction of sp³-hybridized carbons (Fsp3) is 0.625. The predicted molar refractivity (Wildman–Crippen MR) is 78.2 cm³/mol. The van der Waals surface area contributed by atoms with Gasteiger partial charge in [-0.15, -0.1) is 0 Å². The van der Waals surface area contributed by atoms with Gasteiger partial charge in [0.15, 0.2) is 0 Å². The molecule has 0 aliphatic rings. The first-order chi connectivity index (χ1) is 8.67. The molecule has 2 nitrogen and oxygen atoms in total. The molecule has 0 saturated carbocycles. The summed E-state index contributed by atoms with van der Waals surface area (Å²) in [5, 5.41) is 3.55. The lowest BCUT2D eigenvalue weighted by Gasteiger charge is -2.20. The van der Waals surface area contributed by atoms with Crippen LogP contribution in [0.25, 0.3) is 0 Å². The summed E-state index contributed by atoms with van der Waals surface area (Å²) in [6, 6.07) is 8.91. The smallest absolute Gasteiger partial charge is 0.122 e. The Morgan fingerprint density at radius 3 is 2.56 bits per heavy atom. The number of benzene rings is 1. The van der Waals surface area contributed by atoms with Gasteiger partial charge in [-0.1, -0.05) is 45.4 Å². The largest absolute Gasteiger partial charge is 0.496 e. The van der Waals surface area contributed by atoms with Gasteiger partial charge in [0.2, 0.25) is 0 Å². The van der Waals surface area contributed by atoms with E-state index in [4.69, 9.17) is 4.74 Å². The van der Waals surface area contributed by atoms with E-state index in [9.17, 15) is 0 Å². The van der Waals surface area contributed by atoms with Crippen LogP contribution in [0.3, 0.4) is 0 Å². The Hall–Kier alpha value is -1.02. The summed E-state index contributed by atoms with van der Waals surface area (Å²) in [6.07, 6.45) is 3.59. The Labute approximate surface area is 112 Å². The summed E-state index contributed by atoms with van der Waals surface area (Å²) in [7, 11) is 1.75. The fourth-order valence-corrected chi connectivity index (χ4v) is 2.27. The van der Waals surface area contributed by atoms with Gasteiger partial charge in [0, 0.05) is 6.04 Å². The lowest BCUT2D eigenvalue weighted by atomic mass is 9.94. The van der Waals surface area contributed by atoms with Crippen LogP contribution in [0.2, 0.25) is 0 Å². The second-order valence-electron chi connectivity index (χ2n) is 5.23. The highest BCUT2D eigenvalue weighted by atomic mass is 16.5. The second-order valence-corrected chi connectivity index (χ2v) is 5.23. The predicted octanol–water partition coefficient (Wildman–Crippen LogP) is 3.65. The molecule has 0 aliphatic heterocycles. The van der Waals surface area contributed by atoms with E-state index in [0.29, 0.717) is 12.0 Å². The first kappa shape index (κ1) is 15.0. The summed E-state index contributed by atoms with van der Waals surface area (Å²) in [5.74, 6) is 1.71. The maximum Gasteiger partial charge on any atom is 0.122 e. The molecule has 0 heterocycles. The quantitative estimate of drug-likeness (QED) is 0.759. The number of para-hydroxylation sites is 1. The van der Waals surface area contributed by atoms with Gasteiger partial charge in [-0.25, -0.2) is 0 Å². The molecule has 0 spiro atoms. The Balaban J connectivity index is 2.63. The summed E-state index contributed by atoms with van der Waals surface area (Å²) in [6.45, 7) is 7.74. The van der Waals surface area contributed by atoms with Crippen LogP contribution in [0.1, 0.15) is 39.2 Å². The number of hydrogen-bond donors (Lipinski definition) is 1. The van der Waals surface area contributed by atoms with Crippen LogP contribution in [-0.2, 0) is 6.42 Å². The van der Waals surface area contributed by atoms with Crippen LogP contribution in [-0.4, -0.2) is 19.7 Å². The second kappa shape index (κ2) is 8.15. The van der Waals surface area contributed by atoms with Crippen molar-refractivity contribution in [2.45, 2.75) is 46.1 Å². The summed E-state index contributed by atoms with van der Waals surface area (Å²) in [4.78, 5) is 0. The Morgan fingerprint density at radius 1 is 1.22 bits per heavy atom. The van der Waals surface area contributed by atoms with Crippen LogP contribution in [0, 0.1) is 5.92 Å². The van der Waals surface area contributed by atoms with Crippen molar-refractivity contribution in [3.8, 4) is 5.75 Å². The van der Waals surface area contributed by atoms with Crippen LogP contribution in [0.15, 0.2) is 24.3 Å².